The van der Waals surface area contributed by atoms with E-state index < -0.39 is 39.0 Å². The average Bonchev–Trinajstić information content (AvgIpc) is 3.43. The predicted molar refractivity (Wildman–Crippen MR) is 145 cm³/mol. The van der Waals surface area contributed by atoms with Crippen molar-refractivity contribution < 1.29 is 22.0 Å². The van der Waals surface area contributed by atoms with Crippen LogP contribution in [-0.2, 0) is 27.4 Å². The number of carbonyl (C=O) groups is 1. The van der Waals surface area contributed by atoms with Gasteiger partial charge in [-0.15, -0.1) is 0 Å². The van der Waals surface area contributed by atoms with Crippen LogP contribution in [0.25, 0.3) is 22.0 Å². The van der Waals surface area contributed by atoms with E-state index in [9.17, 15) is 22.4 Å². The molecule has 2 aromatic carbocycles. The van der Waals surface area contributed by atoms with Crippen LogP contribution in [0.1, 0.15) is 36.9 Å². The number of nitrogens with one attached hydrogen (secondary N) is 2. The first-order chi connectivity index (χ1) is 18.3. The first-order valence-corrected chi connectivity index (χ1v) is 14.5. The van der Waals surface area contributed by atoms with Crippen LogP contribution in [0, 0.1) is 11.6 Å². The summed E-state index contributed by atoms with van der Waals surface area (Å²) in [7, 11) is -1.79. The van der Waals surface area contributed by atoms with Crippen LogP contribution in [0.4, 0.5) is 20.2 Å². The standard InChI is InChI=1S/C28H26F2N4O4S/c1-28(8-9-28)32-26(35)25-18-12-31-24-23(18)19(13-33(2)27(24)36)17-10-15(14-39(3,37)38)4-6-21(17)34(25)22-7-5-16(29)11-20(22)30/h4-7,10-13,25,31H,8-9,14H2,1-3H3,(H,32,35). The molecule has 2 aliphatic rings. The van der Waals surface area contributed by atoms with Crippen LogP contribution in [0.3, 0.4) is 0 Å². The Bertz CT molecular complexity index is 1860. The van der Waals surface area contributed by atoms with Crippen molar-refractivity contribution >= 4 is 38.0 Å². The number of sulfone groups is 1. The molecule has 11 heteroatoms. The van der Waals surface area contributed by atoms with Gasteiger partial charge in [0.25, 0.3) is 5.56 Å². The van der Waals surface area contributed by atoms with Gasteiger partial charge in [0, 0.05) is 59.4 Å². The number of halogens is 2. The second-order valence-electron chi connectivity index (χ2n) is 10.8. The molecule has 3 heterocycles. The predicted octanol–water partition coefficient (Wildman–Crippen LogP) is 4.22. The molecule has 1 atom stereocenters. The van der Waals surface area contributed by atoms with Crippen molar-refractivity contribution in [3.8, 4) is 11.1 Å². The summed E-state index contributed by atoms with van der Waals surface area (Å²) >= 11 is 0. The number of fused-ring (bicyclic) bond motifs is 2. The second kappa shape index (κ2) is 8.51. The Morgan fingerprint density at radius 1 is 1.13 bits per heavy atom. The minimum absolute atomic E-state index is 0.0384. The Morgan fingerprint density at radius 2 is 1.85 bits per heavy atom. The van der Waals surface area contributed by atoms with Crippen molar-refractivity contribution in [2.75, 3.05) is 11.2 Å². The van der Waals surface area contributed by atoms with Gasteiger partial charge in [0.15, 0.2) is 9.84 Å². The maximum absolute atomic E-state index is 15.5. The minimum Gasteiger partial charge on any atom is -0.356 e. The topological polar surface area (TPSA) is 104 Å². The molecule has 0 bridgehead atoms. The molecule has 39 heavy (non-hydrogen) atoms. The number of H-pyrrole nitrogens is 1. The van der Waals surface area contributed by atoms with Crippen LogP contribution < -0.4 is 15.8 Å². The van der Waals surface area contributed by atoms with E-state index in [1.165, 1.54) is 15.5 Å². The number of pyridine rings is 1. The second-order valence-corrected chi connectivity index (χ2v) is 12.9. The molecular weight excluding hydrogens is 526 g/mol. The molecule has 1 amide bonds. The van der Waals surface area contributed by atoms with Crippen molar-refractivity contribution in [3.63, 3.8) is 0 Å². The molecule has 0 saturated heterocycles. The molecule has 1 unspecified atom stereocenters. The number of carbonyl (C=O) groups excluding carboxylic acids is 1. The number of anilines is 2. The van der Waals surface area contributed by atoms with Gasteiger partial charge >= 0.3 is 0 Å². The quantitative estimate of drug-likeness (QED) is 0.386. The average molecular weight is 553 g/mol. The fourth-order valence-electron chi connectivity index (χ4n) is 5.37. The summed E-state index contributed by atoms with van der Waals surface area (Å²) in [6.07, 6.45) is 5.93. The van der Waals surface area contributed by atoms with E-state index in [0.29, 0.717) is 33.3 Å². The SMILES string of the molecule is Cn1cc2c3c(c[nH]c3c1=O)C(C(=O)NC1(C)CC1)N(c1ccc(F)cc1F)c1ccc(CS(C)(=O)=O)cc1-2. The van der Waals surface area contributed by atoms with Gasteiger partial charge < -0.3 is 19.8 Å². The van der Waals surface area contributed by atoms with Crippen molar-refractivity contribution in [2.24, 2.45) is 7.05 Å². The van der Waals surface area contributed by atoms with Crippen LogP contribution in [-0.4, -0.2) is 35.7 Å². The highest BCUT2D eigenvalue weighted by Gasteiger charge is 2.44. The molecule has 1 aliphatic heterocycles. The van der Waals surface area contributed by atoms with Crippen molar-refractivity contribution in [1.82, 2.24) is 14.9 Å². The zero-order valence-corrected chi connectivity index (χ0v) is 22.3. The highest BCUT2D eigenvalue weighted by molar-refractivity contribution is 7.89. The van der Waals surface area contributed by atoms with Crippen molar-refractivity contribution in [3.05, 3.63) is 81.9 Å². The third-order valence-electron chi connectivity index (χ3n) is 7.47. The molecule has 0 radical (unpaired) electrons. The molecular formula is C28H26F2N4O4S. The largest absolute Gasteiger partial charge is 0.356 e. The highest BCUT2D eigenvalue weighted by Crippen LogP contribution is 2.49. The van der Waals surface area contributed by atoms with Crippen molar-refractivity contribution in [1.29, 1.82) is 0 Å². The van der Waals surface area contributed by atoms with E-state index in [-0.39, 0.29) is 22.5 Å². The van der Waals surface area contributed by atoms with Crippen molar-refractivity contribution in [2.45, 2.75) is 37.1 Å². The van der Waals surface area contributed by atoms with E-state index in [0.717, 1.165) is 31.2 Å². The molecule has 4 aromatic rings. The van der Waals surface area contributed by atoms with Gasteiger partial charge in [0.1, 0.15) is 23.2 Å². The van der Waals surface area contributed by atoms with Gasteiger partial charge in [0.2, 0.25) is 5.91 Å². The summed E-state index contributed by atoms with van der Waals surface area (Å²) < 4.78 is 55.1. The third-order valence-corrected chi connectivity index (χ3v) is 8.33. The lowest BCUT2D eigenvalue weighted by atomic mass is 9.98. The normalized spacial score (nSPS) is 17.6. The summed E-state index contributed by atoms with van der Waals surface area (Å²) in [6.45, 7) is 1.92. The molecule has 1 aliphatic carbocycles. The Balaban J connectivity index is 1.71. The number of amides is 1. The van der Waals surface area contributed by atoms with Gasteiger partial charge in [-0.25, -0.2) is 17.2 Å². The Morgan fingerprint density at radius 3 is 2.51 bits per heavy atom. The molecule has 8 nitrogen and oxygen atoms in total. The molecule has 202 valence electrons. The number of hydrogen-bond acceptors (Lipinski definition) is 5. The molecule has 2 aromatic heterocycles. The Kier molecular flexibility index (Phi) is 5.52. The monoisotopic (exact) mass is 552 g/mol. The number of aryl methyl sites for hydroxylation is 1. The van der Waals surface area contributed by atoms with Gasteiger partial charge in [0.05, 0.1) is 17.1 Å². The Hall–Kier alpha value is -3.99. The number of benzene rings is 2. The summed E-state index contributed by atoms with van der Waals surface area (Å²) in [5.74, 6) is -2.28. The number of nitrogens with zero attached hydrogens (tertiary/aromatic N) is 2. The van der Waals surface area contributed by atoms with E-state index >= 15 is 4.39 Å². The lowest BCUT2D eigenvalue weighted by Gasteiger charge is -2.34. The maximum atomic E-state index is 15.5. The first kappa shape index (κ1) is 25.3. The smallest absolute Gasteiger partial charge is 0.274 e. The van der Waals surface area contributed by atoms with E-state index in [2.05, 4.69) is 10.3 Å². The fourth-order valence-corrected chi connectivity index (χ4v) is 6.16. The highest BCUT2D eigenvalue weighted by atomic mass is 32.2. The number of aromatic nitrogens is 2. The number of hydrogen-bond donors (Lipinski definition) is 2. The van der Waals surface area contributed by atoms with Crippen LogP contribution in [0.5, 0.6) is 0 Å². The zero-order valence-electron chi connectivity index (χ0n) is 21.5. The summed E-state index contributed by atoms with van der Waals surface area (Å²) in [5.41, 5.74) is 1.95. The van der Waals surface area contributed by atoms with E-state index in [1.54, 1.807) is 37.6 Å². The number of rotatable bonds is 5. The molecule has 2 N–H and O–H groups in total. The van der Waals surface area contributed by atoms with Gasteiger partial charge in [-0.05, 0) is 49.6 Å². The molecule has 6 rings (SSSR count). The summed E-state index contributed by atoms with van der Waals surface area (Å²) in [6, 6.07) is 6.97. The number of aromatic amines is 1. The van der Waals surface area contributed by atoms with Gasteiger partial charge in [-0.1, -0.05) is 6.07 Å². The summed E-state index contributed by atoms with van der Waals surface area (Å²) in [5, 5.41) is 3.56. The third kappa shape index (κ3) is 4.30. The zero-order chi connectivity index (χ0) is 27.9. The first-order valence-electron chi connectivity index (χ1n) is 12.4. The summed E-state index contributed by atoms with van der Waals surface area (Å²) in [4.78, 5) is 31.6. The van der Waals surface area contributed by atoms with Crippen LogP contribution in [0.2, 0.25) is 0 Å². The van der Waals surface area contributed by atoms with Crippen LogP contribution >= 0.6 is 0 Å². The van der Waals surface area contributed by atoms with Gasteiger partial charge in [-0.3, -0.25) is 9.59 Å². The molecule has 0 spiro atoms. The van der Waals surface area contributed by atoms with Gasteiger partial charge in [-0.2, -0.15) is 0 Å². The maximum Gasteiger partial charge on any atom is 0.274 e. The van der Waals surface area contributed by atoms with E-state index in [1.807, 2.05) is 6.92 Å². The minimum atomic E-state index is -3.38. The fraction of sp³-hybridized carbons (Fsp3) is 0.286. The lowest BCUT2D eigenvalue weighted by Crippen LogP contribution is -2.43. The van der Waals surface area contributed by atoms with E-state index in [4.69, 9.17) is 0 Å². The van der Waals surface area contributed by atoms with Crippen LogP contribution in [0.15, 0.2) is 53.6 Å². The Labute approximate surface area is 223 Å². The lowest BCUT2D eigenvalue weighted by molar-refractivity contribution is -0.123. The molecule has 1 fully saturated rings. The molecule has 1 saturated carbocycles.